The summed E-state index contributed by atoms with van der Waals surface area (Å²) in [6.07, 6.45) is 1.06. The fourth-order valence-electron chi connectivity index (χ4n) is 2.93. The number of hydrogen-bond acceptors (Lipinski definition) is 6. The summed E-state index contributed by atoms with van der Waals surface area (Å²) in [6, 6.07) is 12.9. The summed E-state index contributed by atoms with van der Waals surface area (Å²) in [7, 11) is -3.69. The van der Waals surface area contributed by atoms with Gasteiger partial charge in [-0.1, -0.05) is 28.9 Å². The number of aryl methyl sites for hydroxylation is 1. The molecule has 10 heteroatoms. The van der Waals surface area contributed by atoms with Crippen LogP contribution < -0.4 is 9.62 Å². The van der Waals surface area contributed by atoms with E-state index < -0.39 is 22.0 Å². The number of amides is 1. The van der Waals surface area contributed by atoms with Crippen molar-refractivity contribution in [1.29, 1.82) is 0 Å². The molecule has 2 aromatic carbocycles. The molecule has 1 aromatic heterocycles. The minimum atomic E-state index is -3.69. The van der Waals surface area contributed by atoms with Crippen LogP contribution in [-0.2, 0) is 21.4 Å². The molecular weight excluding hydrogens is 428 g/mol. The van der Waals surface area contributed by atoms with Crippen molar-refractivity contribution in [2.24, 2.45) is 0 Å². The van der Waals surface area contributed by atoms with Gasteiger partial charge in [-0.3, -0.25) is 9.10 Å². The molecule has 0 unspecified atom stereocenters. The number of carbonyl (C=O) groups excluding carboxylic acids is 1. The number of benzene rings is 2. The van der Waals surface area contributed by atoms with Gasteiger partial charge in [-0.25, -0.2) is 8.42 Å². The highest BCUT2D eigenvalue weighted by atomic mass is 35.5. The average Bonchev–Trinajstić information content (AvgIpc) is 3.14. The van der Waals surface area contributed by atoms with E-state index >= 15 is 0 Å². The van der Waals surface area contributed by atoms with Crippen molar-refractivity contribution >= 4 is 33.2 Å². The highest BCUT2D eigenvalue weighted by Gasteiger charge is 2.29. The van der Waals surface area contributed by atoms with E-state index in [1.807, 2.05) is 13.0 Å². The zero-order valence-corrected chi connectivity index (χ0v) is 18.2. The first-order valence-corrected chi connectivity index (χ1v) is 11.3. The van der Waals surface area contributed by atoms with Crippen molar-refractivity contribution in [2.75, 3.05) is 10.6 Å². The number of carbonyl (C=O) groups is 1. The predicted octanol–water partition coefficient (Wildman–Crippen LogP) is 3.17. The molecule has 0 saturated heterocycles. The van der Waals surface area contributed by atoms with Gasteiger partial charge in [0.2, 0.25) is 27.6 Å². The van der Waals surface area contributed by atoms with Crippen LogP contribution in [0.5, 0.6) is 0 Å². The normalized spacial score (nSPS) is 12.4. The third kappa shape index (κ3) is 5.17. The van der Waals surface area contributed by atoms with Gasteiger partial charge in [-0.2, -0.15) is 4.98 Å². The summed E-state index contributed by atoms with van der Waals surface area (Å²) in [6.45, 7) is 3.34. The molecule has 1 atom stereocenters. The van der Waals surface area contributed by atoms with Crippen molar-refractivity contribution in [3.63, 3.8) is 0 Å². The van der Waals surface area contributed by atoms with E-state index in [0.717, 1.165) is 21.7 Å². The molecule has 3 aromatic rings. The molecule has 0 fully saturated rings. The number of hydrogen-bond donors (Lipinski definition) is 1. The molecule has 1 heterocycles. The van der Waals surface area contributed by atoms with E-state index in [0.29, 0.717) is 16.5 Å². The molecular formula is C20H21ClN4O4S. The molecule has 0 bridgehead atoms. The Morgan fingerprint density at radius 2 is 1.93 bits per heavy atom. The second kappa shape index (κ2) is 8.85. The summed E-state index contributed by atoms with van der Waals surface area (Å²) in [5, 5.41) is 7.12. The zero-order valence-electron chi connectivity index (χ0n) is 16.7. The lowest BCUT2D eigenvalue weighted by molar-refractivity contribution is -0.122. The average molecular weight is 449 g/mol. The first-order chi connectivity index (χ1) is 14.1. The Labute approximate surface area is 179 Å². The quantitative estimate of drug-likeness (QED) is 0.595. The number of aromatic nitrogens is 2. The second-order valence-electron chi connectivity index (χ2n) is 6.81. The molecule has 30 heavy (non-hydrogen) atoms. The summed E-state index contributed by atoms with van der Waals surface area (Å²) in [5.74, 6) is 0.0663. The van der Waals surface area contributed by atoms with E-state index in [1.54, 1.807) is 42.5 Å². The Morgan fingerprint density at radius 1 is 1.23 bits per heavy atom. The number of anilines is 1. The maximum absolute atomic E-state index is 12.7. The van der Waals surface area contributed by atoms with Crippen molar-refractivity contribution in [2.45, 2.75) is 26.4 Å². The van der Waals surface area contributed by atoms with E-state index in [1.165, 1.54) is 6.92 Å². The van der Waals surface area contributed by atoms with Gasteiger partial charge in [-0.05, 0) is 55.8 Å². The lowest BCUT2D eigenvalue weighted by Crippen LogP contribution is -2.47. The van der Waals surface area contributed by atoms with Gasteiger partial charge in [0.1, 0.15) is 6.04 Å². The smallest absolute Gasteiger partial charge is 0.246 e. The van der Waals surface area contributed by atoms with Gasteiger partial charge >= 0.3 is 0 Å². The lowest BCUT2D eigenvalue weighted by Gasteiger charge is -2.28. The van der Waals surface area contributed by atoms with Gasteiger partial charge < -0.3 is 9.84 Å². The number of nitrogens with one attached hydrogen (secondary N) is 1. The number of halogens is 1. The van der Waals surface area contributed by atoms with Gasteiger partial charge in [0.05, 0.1) is 18.5 Å². The van der Waals surface area contributed by atoms with Crippen LogP contribution in [0.4, 0.5) is 5.69 Å². The fraction of sp³-hybridized carbons (Fsp3) is 0.250. The molecule has 158 valence electrons. The van der Waals surface area contributed by atoms with Crippen molar-refractivity contribution in [1.82, 2.24) is 15.5 Å². The van der Waals surface area contributed by atoms with Gasteiger partial charge in [0.25, 0.3) is 0 Å². The summed E-state index contributed by atoms with van der Waals surface area (Å²) in [4.78, 5) is 16.9. The van der Waals surface area contributed by atoms with Crippen molar-refractivity contribution in [3.05, 3.63) is 65.0 Å². The Morgan fingerprint density at radius 3 is 2.57 bits per heavy atom. The Kier molecular flexibility index (Phi) is 6.42. The van der Waals surface area contributed by atoms with Crippen molar-refractivity contribution < 1.29 is 17.7 Å². The van der Waals surface area contributed by atoms with E-state index in [4.69, 9.17) is 16.1 Å². The molecule has 8 nitrogen and oxygen atoms in total. The van der Waals surface area contributed by atoms with Crippen LogP contribution in [0, 0.1) is 6.92 Å². The van der Waals surface area contributed by atoms with Crippen LogP contribution in [0.1, 0.15) is 18.4 Å². The van der Waals surface area contributed by atoms with E-state index in [2.05, 4.69) is 15.5 Å². The molecule has 0 saturated carbocycles. The number of rotatable bonds is 7. The van der Waals surface area contributed by atoms with E-state index in [-0.39, 0.29) is 12.4 Å². The second-order valence-corrected chi connectivity index (χ2v) is 9.11. The maximum Gasteiger partial charge on any atom is 0.246 e. The third-order valence-corrected chi connectivity index (χ3v) is 5.82. The van der Waals surface area contributed by atoms with Crippen LogP contribution in [0.25, 0.3) is 11.4 Å². The molecule has 0 aliphatic heterocycles. The highest BCUT2D eigenvalue weighted by Crippen LogP contribution is 2.22. The summed E-state index contributed by atoms with van der Waals surface area (Å²) in [5.41, 5.74) is 2.02. The fourth-order valence-corrected chi connectivity index (χ4v) is 4.22. The zero-order chi connectivity index (χ0) is 21.9. The minimum Gasteiger partial charge on any atom is -0.345 e. The summed E-state index contributed by atoms with van der Waals surface area (Å²) < 4.78 is 30.9. The van der Waals surface area contributed by atoms with Gasteiger partial charge in [0.15, 0.2) is 0 Å². The Balaban J connectivity index is 1.71. The standard InChI is InChI=1S/C20H21ClN4O4S/c1-13-5-4-6-17(11-13)25(30(3,27)28)14(2)20(26)22-12-18-23-19(24-29-18)15-7-9-16(21)10-8-15/h4-11,14H,12H2,1-3H3,(H,22,26)/t14-/m1/s1. The topological polar surface area (TPSA) is 105 Å². The highest BCUT2D eigenvalue weighted by molar-refractivity contribution is 7.92. The molecule has 3 rings (SSSR count). The van der Waals surface area contributed by atoms with Crippen LogP contribution >= 0.6 is 11.6 Å². The largest absolute Gasteiger partial charge is 0.345 e. The van der Waals surface area contributed by atoms with Crippen LogP contribution in [0.15, 0.2) is 53.1 Å². The third-order valence-electron chi connectivity index (χ3n) is 4.33. The molecule has 1 N–H and O–H groups in total. The maximum atomic E-state index is 12.7. The molecule has 0 spiro atoms. The Hall–Kier alpha value is -2.91. The van der Waals surface area contributed by atoms with Crippen LogP contribution in [0.2, 0.25) is 5.02 Å². The van der Waals surface area contributed by atoms with E-state index in [9.17, 15) is 13.2 Å². The monoisotopic (exact) mass is 448 g/mol. The molecule has 0 aliphatic rings. The number of nitrogens with zero attached hydrogens (tertiary/aromatic N) is 3. The molecule has 0 radical (unpaired) electrons. The SMILES string of the molecule is Cc1cccc(N([C@H](C)C(=O)NCc2nc(-c3ccc(Cl)cc3)no2)S(C)(=O)=O)c1. The minimum absolute atomic E-state index is 0.0326. The first kappa shape index (κ1) is 21.8. The first-order valence-electron chi connectivity index (χ1n) is 9.07. The molecule has 1 amide bonds. The molecule has 0 aliphatic carbocycles. The predicted molar refractivity (Wildman–Crippen MR) is 115 cm³/mol. The van der Waals surface area contributed by atoms with Gasteiger partial charge in [0, 0.05) is 10.6 Å². The summed E-state index contributed by atoms with van der Waals surface area (Å²) >= 11 is 5.87. The number of sulfonamides is 1. The lowest BCUT2D eigenvalue weighted by atomic mass is 10.2. The van der Waals surface area contributed by atoms with Gasteiger partial charge in [-0.15, -0.1) is 0 Å². The van der Waals surface area contributed by atoms with Crippen molar-refractivity contribution in [3.8, 4) is 11.4 Å². The van der Waals surface area contributed by atoms with Crippen LogP contribution in [0.3, 0.4) is 0 Å². The Bertz CT molecular complexity index is 1150. The van der Waals surface area contributed by atoms with Crippen LogP contribution in [-0.4, -0.2) is 36.8 Å².